The molecule has 114 valence electrons. The lowest BCUT2D eigenvalue weighted by molar-refractivity contribution is -0.179. The zero-order chi connectivity index (χ0) is 16.3. The van der Waals surface area contributed by atoms with Crippen LogP contribution in [0.2, 0.25) is 0 Å². The minimum atomic E-state index is -1.23. The van der Waals surface area contributed by atoms with Crippen molar-refractivity contribution in [3.8, 4) is 11.1 Å². The fourth-order valence-electron chi connectivity index (χ4n) is 1.72. The molecule has 0 spiro atoms. The summed E-state index contributed by atoms with van der Waals surface area (Å²) in [6.45, 7) is 7.63. The van der Waals surface area contributed by atoms with Gasteiger partial charge in [-0.1, -0.05) is 68.4 Å². The first-order valence-corrected chi connectivity index (χ1v) is 6.86. The second kappa shape index (κ2) is 9.86. The maximum Gasteiger partial charge on any atom is 0.189 e. The third-order valence-corrected chi connectivity index (χ3v) is 2.93. The highest BCUT2D eigenvalue weighted by Crippen LogP contribution is 2.25. The molecule has 0 saturated heterocycles. The molecule has 1 N–H and O–H groups in total. The Labute approximate surface area is 127 Å². The minimum absolute atomic E-state index is 0.750. The van der Waals surface area contributed by atoms with Crippen molar-refractivity contribution in [1.29, 1.82) is 0 Å². The lowest BCUT2D eigenvalue weighted by Crippen LogP contribution is -2.23. The van der Waals surface area contributed by atoms with Gasteiger partial charge in [-0.05, 0) is 18.1 Å². The van der Waals surface area contributed by atoms with Crippen LogP contribution in [0.5, 0.6) is 0 Å². The molecule has 2 aromatic rings. The molecule has 0 aliphatic rings. The molecule has 0 fully saturated rings. The molecular formula is C18H24O3. The summed E-state index contributed by atoms with van der Waals surface area (Å²) in [6.07, 6.45) is 0. The Morgan fingerprint density at radius 1 is 0.905 bits per heavy atom. The van der Waals surface area contributed by atoms with E-state index in [0.717, 1.165) is 16.7 Å². The predicted octanol–water partition coefficient (Wildman–Crippen LogP) is 4.01. The average molecular weight is 288 g/mol. The van der Waals surface area contributed by atoms with Gasteiger partial charge < -0.3 is 14.6 Å². The molecule has 1 unspecified atom stereocenters. The molecule has 0 heterocycles. The molecule has 0 aliphatic carbocycles. The van der Waals surface area contributed by atoms with Crippen LogP contribution in [0.3, 0.4) is 0 Å². The quantitative estimate of drug-likeness (QED) is 0.868. The monoisotopic (exact) mass is 288 g/mol. The van der Waals surface area contributed by atoms with E-state index in [1.54, 1.807) is 6.92 Å². The van der Waals surface area contributed by atoms with Crippen molar-refractivity contribution < 1.29 is 14.6 Å². The first-order valence-electron chi connectivity index (χ1n) is 6.86. The van der Waals surface area contributed by atoms with Crippen LogP contribution in [-0.2, 0) is 15.3 Å². The van der Waals surface area contributed by atoms with Crippen molar-refractivity contribution in [1.82, 2.24) is 0 Å². The standard InChI is InChI=1S/C15H16O2.C2H6.CH2O/c1-15(16,17-2)14-10-8-13(9-11-14)12-6-4-3-5-7-12;2*1-2/h3-11,16H,1-2H3;1-2H3;1H2. The van der Waals surface area contributed by atoms with E-state index in [4.69, 9.17) is 9.53 Å². The Morgan fingerprint density at radius 2 is 1.33 bits per heavy atom. The number of carbonyl (C=O) groups is 1. The van der Waals surface area contributed by atoms with Crippen LogP contribution in [0.15, 0.2) is 54.6 Å². The van der Waals surface area contributed by atoms with Gasteiger partial charge in [-0.25, -0.2) is 0 Å². The van der Waals surface area contributed by atoms with Crippen molar-refractivity contribution in [2.24, 2.45) is 0 Å². The zero-order valence-corrected chi connectivity index (χ0v) is 13.2. The first-order chi connectivity index (χ1) is 10.1. The van der Waals surface area contributed by atoms with Gasteiger partial charge in [0.05, 0.1) is 0 Å². The summed E-state index contributed by atoms with van der Waals surface area (Å²) in [4.78, 5) is 8.00. The third kappa shape index (κ3) is 5.50. The van der Waals surface area contributed by atoms with E-state index in [1.807, 2.05) is 63.1 Å². The number of carbonyl (C=O) groups excluding carboxylic acids is 1. The van der Waals surface area contributed by atoms with Crippen LogP contribution >= 0.6 is 0 Å². The van der Waals surface area contributed by atoms with E-state index in [-0.39, 0.29) is 0 Å². The zero-order valence-electron chi connectivity index (χ0n) is 13.2. The minimum Gasteiger partial charge on any atom is -0.362 e. The molecule has 3 nitrogen and oxygen atoms in total. The Morgan fingerprint density at radius 3 is 1.76 bits per heavy atom. The summed E-state index contributed by atoms with van der Waals surface area (Å²) >= 11 is 0. The highest BCUT2D eigenvalue weighted by Gasteiger charge is 2.21. The van der Waals surface area contributed by atoms with Crippen molar-refractivity contribution >= 4 is 6.79 Å². The number of aliphatic hydroxyl groups is 1. The molecule has 0 aromatic heterocycles. The molecule has 0 bridgehead atoms. The van der Waals surface area contributed by atoms with Crippen molar-refractivity contribution in [2.45, 2.75) is 26.6 Å². The number of rotatable bonds is 3. The molecule has 1 atom stereocenters. The average Bonchev–Trinajstić information content (AvgIpc) is 2.59. The highest BCUT2D eigenvalue weighted by atomic mass is 16.6. The number of methoxy groups -OCH3 is 1. The second-order valence-corrected chi connectivity index (χ2v) is 4.13. The molecule has 0 amide bonds. The maximum atomic E-state index is 9.93. The largest absolute Gasteiger partial charge is 0.362 e. The van der Waals surface area contributed by atoms with Crippen LogP contribution in [0.4, 0.5) is 0 Å². The number of benzene rings is 2. The SMILES string of the molecule is C=O.CC.COC(C)(O)c1ccc(-c2ccccc2)cc1. The Balaban J connectivity index is 0.000000921. The van der Waals surface area contributed by atoms with E-state index in [0.29, 0.717) is 0 Å². The van der Waals surface area contributed by atoms with Crippen LogP contribution in [-0.4, -0.2) is 19.0 Å². The van der Waals surface area contributed by atoms with E-state index in [1.165, 1.54) is 7.11 Å². The van der Waals surface area contributed by atoms with Gasteiger partial charge in [0.25, 0.3) is 0 Å². The van der Waals surface area contributed by atoms with Gasteiger partial charge in [0.2, 0.25) is 0 Å². The summed E-state index contributed by atoms with van der Waals surface area (Å²) in [5, 5.41) is 9.93. The van der Waals surface area contributed by atoms with Crippen LogP contribution < -0.4 is 0 Å². The topological polar surface area (TPSA) is 46.5 Å². The second-order valence-electron chi connectivity index (χ2n) is 4.13. The molecule has 21 heavy (non-hydrogen) atoms. The van der Waals surface area contributed by atoms with Gasteiger partial charge in [0.1, 0.15) is 6.79 Å². The van der Waals surface area contributed by atoms with Gasteiger partial charge in [-0.2, -0.15) is 0 Å². The summed E-state index contributed by atoms with van der Waals surface area (Å²) < 4.78 is 5.02. The van der Waals surface area contributed by atoms with Crippen LogP contribution in [0.25, 0.3) is 11.1 Å². The molecule has 0 saturated carbocycles. The number of ether oxygens (including phenoxy) is 1. The number of hydrogen-bond donors (Lipinski definition) is 1. The van der Waals surface area contributed by atoms with E-state index >= 15 is 0 Å². The Hall–Kier alpha value is -1.97. The lowest BCUT2D eigenvalue weighted by Gasteiger charge is -2.21. The van der Waals surface area contributed by atoms with Crippen molar-refractivity contribution in [3.63, 3.8) is 0 Å². The maximum absolute atomic E-state index is 9.93. The molecule has 0 aliphatic heterocycles. The predicted molar refractivity (Wildman–Crippen MR) is 86.9 cm³/mol. The summed E-state index contributed by atoms with van der Waals surface area (Å²) in [5.41, 5.74) is 3.04. The van der Waals surface area contributed by atoms with E-state index in [2.05, 4.69) is 12.1 Å². The molecular weight excluding hydrogens is 264 g/mol. The van der Waals surface area contributed by atoms with Gasteiger partial charge in [0, 0.05) is 12.7 Å². The van der Waals surface area contributed by atoms with Gasteiger partial charge >= 0.3 is 0 Å². The Kier molecular flexibility index (Phi) is 8.93. The lowest BCUT2D eigenvalue weighted by atomic mass is 10.0. The first kappa shape index (κ1) is 19.0. The molecule has 3 heteroatoms. The van der Waals surface area contributed by atoms with Gasteiger partial charge in [0.15, 0.2) is 5.79 Å². The fraction of sp³-hybridized carbons (Fsp3) is 0.278. The fourth-order valence-corrected chi connectivity index (χ4v) is 1.72. The third-order valence-electron chi connectivity index (χ3n) is 2.93. The summed E-state index contributed by atoms with van der Waals surface area (Å²) in [5.74, 6) is -1.23. The van der Waals surface area contributed by atoms with Crippen LogP contribution in [0.1, 0.15) is 26.3 Å². The molecule has 0 radical (unpaired) electrons. The summed E-state index contributed by atoms with van der Waals surface area (Å²) in [6, 6.07) is 17.9. The van der Waals surface area contributed by atoms with Crippen LogP contribution in [0, 0.1) is 0 Å². The molecule has 2 rings (SSSR count). The molecule has 2 aromatic carbocycles. The smallest absolute Gasteiger partial charge is 0.189 e. The van der Waals surface area contributed by atoms with E-state index < -0.39 is 5.79 Å². The van der Waals surface area contributed by atoms with Gasteiger partial charge in [-0.15, -0.1) is 0 Å². The normalized spacial score (nSPS) is 12.0. The number of hydrogen-bond acceptors (Lipinski definition) is 3. The highest BCUT2D eigenvalue weighted by molar-refractivity contribution is 5.63. The summed E-state index contributed by atoms with van der Waals surface area (Å²) in [7, 11) is 1.49. The Bertz CT molecular complexity index is 490. The van der Waals surface area contributed by atoms with E-state index in [9.17, 15) is 5.11 Å². The van der Waals surface area contributed by atoms with Crippen molar-refractivity contribution in [2.75, 3.05) is 7.11 Å². The van der Waals surface area contributed by atoms with Gasteiger partial charge in [-0.3, -0.25) is 0 Å². The van der Waals surface area contributed by atoms with Crippen molar-refractivity contribution in [3.05, 3.63) is 60.2 Å².